The fourth-order valence-corrected chi connectivity index (χ4v) is 13.7. The molecule has 0 atom stereocenters. The predicted octanol–water partition coefficient (Wildman–Crippen LogP) is 21.3. The van der Waals surface area contributed by atoms with E-state index in [1.165, 1.54) is 77.9 Å². The Morgan fingerprint density at radius 1 is 0.250 bits per heavy atom. The van der Waals surface area contributed by atoms with Crippen molar-refractivity contribution in [2.24, 2.45) is 0 Å². The molecule has 0 N–H and O–H groups in total. The van der Waals surface area contributed by atoms with Crippen molar-refractivity contribution < 1.29 is 0 Å². The van der Waals surface area contributed by atoms with E-state index in [1.807, 2.05) is 42.6 Å². The van der Waals surface area contributed by atoms with Crippen LogP contribution in [-0.2, 0) is 0 Å². The van der Waals surface area contributed by atoms with Gasteiger partial charge in [0.2, 0.25) is 0 Å². The summed E-state index contributed by atoms with van der Waals surface area (Å²) in [6.07, 6.45) is 1.93. The summed E-state index contributed by atoms with van der Waals surface area (Å²) < 4.78 is 4.88. The molecule has 0 aliphatic carbocycles. The summed E-state index contributed by atoms with van der Waals surface area (Å²) in [6, 6.07) is 86.6. The van der Waals surface area contributed by atoms with Gasteiger partial charge in [0.05, 0.1) is 39.1 Å². The second kappa shape index (κ2) is 21.6. The molecule has 0 saturated carbocycles. The molecule has 15 rings (SSSR count). The molecule has 6 heteroatoms. The molecular formula is C82H64N6. The Labute approximate surface area is 513 Å². The smallest absolute Gasteiger partial charge is 0.164 e. The lowest BCUT2D eigenvalue weighted by Gasteiger charge is -2.21. The molecule has 88 heavy (non-hydrogen) atoms. The third-order valence-corrected chi connectivity index (χ3v) is 17.2. The maximum Gasteiger partial charge on any atom is 0.164 e. The first-order valence-electron chi connectivity index (χ1n) is 30.3. The van der Waals surface area contributed by atoms with Gasteiger partial charge in [-0.05, 0) is 167 Å². The van der Waals surface area contributed by atoms with Crippen LogP contribution in [0.1, 0.15) is 44.5 Å². The fraction of sp³-hybridized carbons (Fsp3) is 0.0976. The molecule has 4 aromatic heterocycles. The summed E-state index contributed by atoms with van der Waals surface area (Å²) >= 11 is 0. The van der Waals surface area contributed by atoms with E-state index in [9.17, 15) is 0 Å². The number of fused-ring (bicyclic) bond motifs is 6. The molecule has 0 bridgehead atoms. The Balaban J connectivity index is 1.05. The number of nitrogens with zero attached hydrogens (tertiary/aromatic N) is 6. The summed E-state index contributed by atoms with van der Waals surface area (Å²) in [5.41, 5.74) is 29.7. The Bertz CT molecular complexity index is 4940. The van der Waals surface area contributed by atoms with Crippen LogP contribution in [0.3, 0.4) is 0 Å². The van der Waals surface area contributed by atoms with E-state index in [4.69, 9.17) is 19.9 Å². The van der Waals surface area contributed by atoms with Crippen molar-refractivity contribution >= 4 is 43.6 Å². The highest BCUT2D eigenvalue weighted by Gasteiger charge is 2.27. The van der Waals surface area contributed by atoms with Crippen LogP contribution in [0.15, 0.2) is 243 Å². The quantitative estimate of drug-likeness (QED) is 0.137. The molecule has 6 nitrogen and oxygen atoms in total. The molecule has 0 saturated heterocycles. The van der Waals surface area contributed by atoms with Crippen LogP contribution in [0.5, 0.6) is 0 Å². The Kier molecular flexibility index (Phi) is 13.2. The van der Waals surface area contributed by atoms with E-state index in [-0.39, 0.29) is 0 Å². The molecule has 0 unspecified atom stereocenters. The molecule has 0 spiro atoms. The van der Waals surface area contributed by atoms with Gasteiger partial charge in [0.15, 0.2) is 17.5 Å². The van der Waals surface area contributed by atoms with Crippen molar-refractivity contribution in [1.82, 2.24) is 29.1 Å². The van der Waals surface area contributed by atoms with Gasteiger partial charge in [-0.15, -0.1) is 0 Å². The summed E-state index contributed by atoms with van der Waals surface area (Å²) in [5.74, 6) is 1.70. The van der Waals surface area contributed by atoms with Gasteiger partial charge in [-0.3, -0.25) is 4.98 Å². The highest BCUT2D eigenvalue weighted by molar-refractivity contribution is 6.14. The summed E-state index contributed by atoms with van der Waals surface area (Å²) in [5, 5.41) is 4.60. The van der Waals surface area contributed by atoms with Crippen molar-refractivity contribution in [3.63, 3.8) is 0 Å². The monoisotopic (exact) mass is 1130 g/mol. The van der Waals surface area contributed by atoms with Crippen LogP contribution in [0.25, 0.3) is 145 Å². The fourth-order valence-electron chi connectivity index (χ4n) is 13.7. The second-order valence-corrected chi connectivity index (χ2v) is 24.2. The molecule has 15 aromatic rings. The molecular weight excluding hydrogens is 1070 g/mol. The van der Waals surface area contributed by atoms with Crippen molar-refractivity contribution in [2.45, 2.75) is 55.4 Å². The van der Waals surface area contributed by atoms with Gasteiger partial charge in [0.1, 0.15) is 0 Å². The highest BCUT2D eigenvalue weighted by atomic mass is 15.1. The van der Waals surface area contributed by atoms with E-state index >= 15 is 0 Å². The van der Waals surface area contributed by atoms with Crippen molar-refractivity contribution in [3.8, 4) is 101 Å². The van der Waals surface area contributed by atoms with Gasteiger partial charge in [-0.1, -0.05) is 214 Å². The van der Waals surface area contributed by atoms with Gasteiger partial charge >= 0.3 is 0 Å². The Hall–Kier alpha value is -10.8. The highest BCUT2D eigenvalue weighted by Crippen LogP contribution is 2.46. The van der Waals surface area contributed by atoms with E-state index in [1.54, 1.807) is 0 Å². The molecule has 422 valence electrons. The largest absolute Gasteiger partial charge is 0.309 e. The molecule has 0 aliphatic heterocycles. The third-order valence-electron chi connectivity index (χ3n) is 17.2. The first-order chi connectivity index (χ1) is 42.8. The Morgan fingerprint density at radius 2 is 0.580 bits per heavy atom. The van der Waals surface area contributed by atoms with E-state index in [0.29, 0.717) is 17.5 Å². The minimum absolute atomic E-state index is 0.537. The van der Waals surface area contributed by atoms with Gasteiger partial charge < -0.3 is 9.13 Å². The SMILES string of the molecule is Cc1cc(C)cc(-c2ccc3c(c2)c2cc(-c4cc(C)cc(C)c4)ccc2n3-c2cccnc2-c2c(-c3nc(-c4ccccc4)nc(-c4ccccc4)n3)cccc2-n2c3ccc(-c4cc(C)cc(C)c4)cc3c3cc(-c4cc(C)cc(C)c4)ccc32)c1. The van der Waals surface area contributed by atoms with Crippen molar-refractivity contribution in [3.05, 3.63) is 287 Å². The molecule has 0 amide bonds. The van der Waals surface area contributed by atoms with Crippen molar-refractivity contribution in [2.75, 3.05) is 0 Å². The van der Waals surface area contributed by atoms with Gasteiger partial charge in [-0.25, -0.2) is 15.0 Å². The maximum atomic E-state index is 5.60. The minimum Gasteiger partial charge on any atom is -0.309 e. The lowest BCUT2D eigenvalue weighted by atomic mass is 9.97. The second-order valence-electron chi connectivity index (χ2n) is 24.2. The lowest BCUT2D eigenvalue weighted by Crippen LogP contribution is -2.06. The van der Waals surface area contributed by atoms with E-state index in [0.717, 1.165) is 94.1 Å². The predicted molar refractivity (Wildman–Crippen MR) is 368 cm³/mol. The normalized spacial score (nSPS) is 11.6. The zero-order valence-electron chi connectivity index (χ0n) is 50.8. The third kappa shape index (κ3) is 9.73. The van der Waals surface area contributed by atoms with Crippen LogP contribution < -0.4 is 0 Å². The number of aryl methyl sites for hydroxylation is 8. The van der Waals surface area contributed by atoms with Crippen LogP contribution in [-0.4, -0.2) is 29.1 Å². The number of aromatic nitrogens is 6. The van der Waals surface area contributed by atoms with Crippen LogP contribution in [0, 0.1) is 55.4 Å². The maximum absolute atomic E-state index is 5.60. The van der Waals surface area contributed by atoms with E-state index in [2.05, 4.69) is 265 Å². The molecule has 0 fully saturated rings. The summed E-state index contributed by atoms with van der Waals surface area (Å²) in [4.78, 5) is 21.8. The van der Waals surface area contributed by atoms with E-state index < -0.39 is 0 Å². The first-order valence-corrected chi connectivity index (χ1v) is 30.3. The number of benzene rings is 11. The average Bonchev–Trinajstić information content (AvgIpc) is 1.59. The standard InChI is InChI=1S/C82H64N6/c1-49-33-50(2)38-63(37-49)59-24-28-72-68(45-59)69-46-60(64-39-51(3)34-52(4)40-64)25-29-73(69)87(72)76-22-15-21-67(82-85-80(57-17-11-9-12-18-57)84-81(86-82)58-19-13-10-14-20-58)78(76)79-77(23-16-32-83-79)88-74-30-26-61(65-41-53(5)35-54(6)42-65)47-70(74)71-48-62(27-31-75(71)88)66-43-55(7)36-56(8)44-66/h9-48H,1-8H3. The molecule has 0 radical (unpaired) electrons. The number of pyridine rings is 1. The van der Waals surface area contributed by atoms with Gasteiger partial charge in [0.25, 0.3) is 0 Å². The Morgan fingerprint density at radius 3 is 0.943 bits per heavy atom. The van der Waals surface area contributed by atoms with Gasteiger partial charge in [0, 0.05) is 50.0 Å². The molecule has 4 heterocycles. The van der Waals surface area contributed by atoms with Crippen LogP contribution in [0.2, 0.25) is 0 Å². The molecule has 0 aliphatic rings. The van der Waals surface area contributed by atoms with Crippen LogP contribution in [0.4, 0.5) is 0 Å². The number of hydrogen-bond donors (Lipinski definition) is 0. The number of rotatable bonds is 10. The molecule has 11 aromatic carbocycles. The first kappa shape index (κ1) is 53.9. The number of hydrogen-bond acceptors (Lipinski definition) is 4. The van der Waals surface area contributed by atoms with Crippen molar-refractivity contribution in [1.29, 1.82) is 0 Å². The average molecular weight is 1130 g/mol. The lowest BCUT2D eigenvalue weighted by molar-refractivity contribution is 1.07. The zero-order valence-corrected chi connectivity index (χ0v) is 50.8. The minimum atomic E-state index is 0.537. The topological polar surface area (TPSA) is 61.4 Å². The summed E-state index contributed by atoms with van der Waals surface area (Å²) in [6.45, 7) is 17.5. The zero-order chi connectivity index (χ0) is 59.9. The van der Waals surface area contributed by atoms with Gasteiger partial charge in [-0.2, -0.15) is 0 Å². The summed E-state index contributed by atoms with van der Waals surface area (Å²) in [7, 11) is 0. The van der Waals surface area contributed by atoms with Crippen LogP contribution >= 0.6 is 0 Å².